The number of aromatic nitrogens is 3. The summed E-state index contributed by atoms with van der Waals surface area (Å²) >= 11 is 0. The van der Waals surface area contributed by atoms with Crippen molar-refractivity contribution in [1.82, 2.24) is 14.6 Å². The molecule has 0 radical (unpaired) electrons. The van der Waals surface area contributed by atoms with Gasteiger partial charge in [-0.15, -0.1) is 0 Å². The Morgan fingerprint density at radius 2 is 2.31 bits per heavy atom. The molecule has 2 heterocycles. The first kappa shape index (κ1) is 8.23. The van der Waals surface area contributed by atoms with Gasteiger partial charge in [0.1, 0.15) is 0 Å². The second-order valence-corrected chi connectivity index (χ2v) is 3.30. The lowest BCUT2D eigenvalue weighted by Gasteiger charge is -2.06. The van der Waals surface area contributed by atoms with Crippen LogP contribution in [0.3, 0.4) is 0 Å². The molecule has 0 N–H and O–H groups in total. The van der Waals surface area contributed by atoms with Crippen molar-refractivity contribution in [3.63, 3.8) is 0 Å². The number of rotatable bonds is 2. The molecule has 68 valence electrons. The Labute approximate surface area is 77.4 Å². The summed E-state index contributed by atoms with van der Waals surface area (Å²) in [5.41, 5.74) is 2.04. The lowest BCUT2D eigenvalue weighted by molar-refractivity contribution is 0.681. The zero-order chi connectivity index (χ0) is 9.26. The number of hydrogen-bond donors (Lipinski definition) is 0. The second kappa shape index (κ2) is 3.17. The molecule has 0 bridgehead atoms. The molecule has 0 saturated heterocycles. The third-order valence-electron chi connectivity index (χ3n) is 2.39. The zero-order valence-corrected chi connectivity index (χ0v) is 7.94. The van der Waals surface area contributed by atoms with Crippen LogP contribution in [0.1, 0.15) is 31.9 Å². The summed E-state index contributed by atoms with van der Waals surface area (Å²) < 4.78 is 1.82. The molecular weight excluding hydrogens is 162 g/mol. The minimum absolute atomic E-state index is 0.520. The molecule has 1 unspecified atom stereocenters. The molecule has 13 heavy (non-hydrogen) atoms. The van der Waals surface area contributed by atoms with Crippen LogP contribution in [-0.4, -0.2) is 14.6 Å². The predicted octanol–water partition coefficient (Wildman–Crippen LogP) is 2.24. The van der Waals surface area contributed by atoms with Crippen LogP contribution in [0.4, 0.5) is 0 Å². The molecule has 3 nitrogen and oxygen atoms in total. The maximum atomic E-state index is 4.46. The van der Waals surface area contributed by atoms with Gasteiger partial charge >= 0.3 is 0 Å². The van der Waals surface area contributed by atoms with E-state index in [9.17, 15) is 0 Å². The van der Waals surface area contributed by atoms with Crippen molar-refractivity contribution < 1.29 is 0 Å². The van der Waals surface area contributed by atoms with E-state index in [1.54, 1.807) is 6.20 Å². The Bertz CT molecular complexity index is 405. The van der Waals surface area contributed by atoms with Crippen molar-refractivity contribution >= 4 is 5.65 Å². The lowest BCUT2D eigenvalue weighted by atomic mass is 10.1. The van der Waals surface area contributed by atoms with E-state index in [0.29, 0.717) is 5.92 Å². The molecule has 1 atom stereocenters. The monoisotopic (exact) mass is 175 g/mol. The third kappa shape index (κ3) is 1.41. The Hall–Kier alpha value is -1.38. The maximum absolute atomic E-state index is 4.46. The summed E-state index contributed by atoms with van der Waals surface area (Å²) in [5.74, 6) is 0.520. The van der Waals surface area contributed by atoms with Gasteiger partial charge < -0.3 is 0 Å². The van der Waals surface area contributed by atoms with Gasteiger partial charge in [0.15, 0.2) is 5.65 Å². The Kier molecular flexibility index (Phi) is 2.00. The third-order valence-corrected chi connectivity index (χ3v) is 2.39. The SMILES string of the molecule is CCC(C)c1ccc2nccn2n1. The van der Waals surface area contributed by atoms with Crippen molar-refractivity contribution in [1.29, 1.82) is 0 Å². The number of hydrogen-bond acceptors (Lipinski definition) is 2. The summed E-state index contributed by atoms with van der Waals surface area (Å²) in [4.78, 5) is 4.15. The van der Waals surface area contributed by atoms with E-state index in [4.69, 9.17) is 0 Å². The van der Waals surface area contributed by atoms with E-state index in [1.165, 1.54) is 0 Å². The van der Waals surface area contributed by atoms with Gasteiger partial charge in [-0.1, -0.05) is 13.8 Å². The zero-order valence-electron chi connectivity index (χ0n) is 7.94. The molecule has 0 saturated carbocycles. The van der Waals surface area contributed by atoms with Crippen LogP contribution in [-0.2, 0) is 0 Å². The first-order valence-corrected chi connectivity index (χ1v) is 4.61. The number of nitrogens with zero attached hydrogens (tertiary/aromatic N) is 3. The van der Waals surface area contributed by atoms with Crippen LogP contribution in [0.25, 0.3) is 5.65 Å². The highest BCUT2D eigenvalue weighted by Crippen LogP contribution is 2.15. The molecule has 0 aliphatic rings. The Morgan fingerprint density at radius 3 is 3.08 bits per heavy atom. The standard InChI is InChI=1S/C10H13N3/c1-3-8(2)9-4-5-10-11-6-7-13(10)12-9/h4-8H,3H2,1-2H3. The summed E-state index contributed by atoms with van der Waals surface area (Å²) in [5, 5.41) is 4.46. The van der Waals surface area contributed by atoms with Gasteiger partial charge in [-0.25, -0.2) is 9.50 Å². The first-order valence-electron chi connectivity index (χ1n) is 4.61. The van der Waals surface area contributed by atoms with Crippen molar-refractivity contribution in [2.24, 2.45) is 0 Å². The van der Waals surface area contributed by atoms with E-state index < -0.39 is 0 Å². The molecule has 0 aromatic carbocycles. The van der Waals surface area contributed by atoms with E-state index in [-0.39, 0.29) is 0 Å². The minimum Gasteiger partial charge on any atom is -0.236 e. The molecule has 0 fully saturated rings. The van der Waals surface area contributed by atoms with Gasteiger partial charge in [0.25, 0.3) is 0 Å². The lowest BCUT2D eigenvalue weighted by Crippen LogP contribution is -2.00. The van der Waals surface area contributed by atoms with E-state index in [2.05, 4.69) is 30.0 Å². The molecule has 2 aromatic heterocycles. The molecule has 0 amide bonds. The summed E-state index contributed by atoms with van der Waals surface area (Å²) in [6, 6.07) is 4.06. The highest BCUT2D eigenvalue weighted by atomic mass is 15.2. The van der Waals surface area contributed by atoms with Crippen LogP contribution in [0.15, 0.2) is 24.5 Å². The first-order chi connectivity index (χ1) is 6.31. The predicted molar refractivity (Wildman–Crippen MR) is 51.7 cm³/mol. The number of fused-ring (bicyclic) bond motifs is 1. The normalized spacial score (nSPS) is 13.4. The average molecular weight is 175 g/mol. The second-order valence-electron chi connectivity index (χ2n) is 3.30. The van der Waals surface area contributed by atoms with Crippen molar-refractivity contribution in [3.8, 4) is 0 Å². The highest BCUT2D eigenvalue weighted by Gasteiger charge is 2.05. The Balaban J connectivity index is 2.48. The average Bonchev–Trinajstić information content (AvgIpc) is 2.63. The van der Waals surface area contributed by atoms with E-state index in [1.807, 2.05) is 16.8 Å². The van der Waals surface area contributed by atoms with E-state index >= 15 is 0 Å². The molecule has 0 aliphatic heterocycles. The van der Waals surface area contributed by atoms with Crippen molar-refractivity contribution in [3.05, 3.63) is 30.2 Å². The number of imidazole rings is 1. The highest BCUT2D eigenvalue weighted by molar-refractivity contribution is 5.36. The fraction of sp³-hybridized carbons (Fsp3) is 0.400. The largest absolute Gasteiger partial charge is 0.236 e. The smallest absolute Gasteiger partial charge is 0.153 e. The van der Waals surface area contributed by atoms with Gasteiger partial charge in [0, 0.05) is 12.4 Å². The van der Waals surface area contributed by atoms with Crippen LogP contribution >= 0.6 is 0 Å². The van der Waals surface area contributed by atoms with Crippen LogP contribution < -0.4 is 0 Å². The Morgan fingerprint density at radius 1 is 1.46 bits per heavy atom. The summed E-state index contributed by atoms with van der Waals surface area (Å²) in [7, 11) is 0. The molecular formula is C10H13N3. The van der Waals surface area contributed by atoms with Gasteiger partial charge in [-0.2, -0.15) is 5.10 Å². The fourth-order valence-corrected chi connectivity index (χ4v) is 1.30. The van der Waals surface area contributed by atoms with Gasteiger partial charge in [-0.3, -0.25) is 0 Å². The van der Waals surface area contributed by atoms with Crippen LogP contribution in [0, 0.1) is 0 Å². The maximum Gasteiger partial charge on any atom is 0.153 e. The molecule has 0 aliphatic carbocycles. The quantitative estimate of drug-likeness (QED) is 0.700. The van der Waals surface area contributed by atoms with E-state index in [0.717, 1.165) is 17.8 Å². The molecule has 2 aromatic rings. The topological polar surface area (TPSA) is 30.2 Å². The van der Waals surface area contributed by atoms with Gasteiger partial charge in [-0.05, 0) is 24.5 Å². The molecule has 0 spiro atoms. The molecule has 2 rings (SSSR count). The summed E-state index contributed by atoms with van der Waals surface area (Å²) in [6.07, 6.45) is 4.76. The fourth-order valence-electron chi connectivity index (χ4n) is 1.30. The van der Waals surface area contributed by atoms with Crippen molar-refractivity contribution in [2.45, 2.75) is 26.2 Å². The van der Waals surface area contributed by atoms with Crippen LogP contribution in [0.5, 0.6) is 0 Å². The van der Waals surface area contributed by atoms with Gasteiger partial charge in [0.2, 0.25) is 0 Å². The summed E-state index contributed by atoms with van der Waals surface area (Å²) in [6.45, 7) is 4.36. The van der Waals surface area contributed by atoms with Gasteiger partial charge in [0.05, 0.1) is 5.69 Å². The molecule has 3 heteroatoms. The minimum atomic E-state index is 0.520. The van der Waals surface area contributed by atoms with Crippen molar-refractivity contribution in [2.75, 3.05) is 0 Å². The van der Waals surface area contributed by atoms with Crippen LogP contribution in [0.2, 0.25) is 0 Å².